The van der Waals surface area contributed by atoms with E-state index < -0.39 is 0 Å². The maximum Gasteiger partial charge on any atom is 0.226 e. The van der Waals surface area contributed by atoms with Crippen LogP contribution in [0.25, 0.3) is 0 Å². The van der Waals surface area contributed by atoms with Crippen molar-refractivity contribution in [2.45, 2.75) is 38.6 Å². The lowest BCUT2D eigenvalue weighted by Gasteiger charge is -2.33. The topological polar surface area (TPSA) is 56.1 Å². The Morgan fingerprint density at radius 1 is 1.63 bits per heavy atom. The van der Waals surface area contributed by atoms with Crippen molar-refractivity contribution < 1.29 is 4.79 Å². The summed E-state index contributed by atoms with van der Waals surface area (Å²) in [5, 5.41) is 14.2. The monoisotopic (exact) mass is 277 g/mol. The molecule has 0 bridgehead atoms. The fraction of sp³-hybridized carbons (Fsp3) is 0.571. The van der Waals surface area contributed by atoms with Crippen molar-refractivity contribution in [3.63, 3.8) is 0 Å². The third kappa shape index (κ3) is 3.79. The predicted octanol–water partition coefficient (Wildman–Crippen LogP) is 2.82. The van der Waals surface area contributed by atoms with Crippen LogP contribution in [0.15, 0.2) is 11.4 Å². The Bertz CT molecular complexity index is 477. The van der Waals surface area contributed by atoms with Gasteiger partial charge in [-0.1, -0.05) is 6.42 Å². The minimum absolute atomic E-state index is 0.00303. The van der Waals surface area contributed by atoms with E-state index in [9.17, 15) is 4.79 Å². The highest BCUT2D eigenvalue weighted by atomic mass is 32.1. The lowest BCUT2D eigenvalue weighted by Crippen LogP contribution is -2.39. The van der Waals surface area contributed by atoms with Crippen molar-refractivity contribution in [1.82, 2.24) is 4.90 Å². The number of anilines is 1. The molecule has 4 nitrogen and oxygen atoms in total. The van der Waals surface area contributed by atoms with Gasteiger partial charge in [-0.25, -0.2) is 0 Å². The van der Waals surface area contributed by atoms with E-state index in [1.54, 1.807) is 6.07 Å². The minimum Gasteiger partial charge on any atom is -0.317 e. The van der Waals surface area contributed by atoms with Gasteiger partial charge in [-0.2, -0.15) is 5.26 Å². The van der Waals surface area contributed by atoms with Gasteiger partial charge in [0.2, 0.25) is 5.91 Å². The zero-order valence-electron chi connectivity index (χ0n) is 11.2. The molecule has 0 aromatic carbocycles. The molecule has 1 saturated heterocycles. The SMILES string of the molecule is C[C@H]1CCCCN1CCC(=O)Nc1sccc1C#N. The third-order valence-corrected chi connectivity index (χ3v) is 4.44. The van der Waals surface area contributed by atoms with Crippen LogP contribution < -0.4 is 5.32 Å². The second-order valence-corrected chi connectivity index (χ2v) is 5.87. The molecule has 1 aromatic heterocycles. The summed E-state index contributed by atoms with van der Waals surface area (Å²) in [7, 11) is 0. The second-order valence-electron chi connectivity index (χ2n) is 4.95. The largest absolute Gasteiger partial charge is 0.317 e. The number of amides is 1. The fourth-order valence-corrected chi connectivity index (χ4v) is 3.17. The second kappa shape index (κ2) is 6.69. The molecule has 0 saturated carbocycles. The summed E-state index contributed by atoms with van der Waals surface area (Å²) in [6.45, 7) is 4.13. The summed E-state index contributed by atoms with van der Waals surface area (Å²) >= 11 is 1.40. The van der Waals surface area contributed by atoms with E-state index >= 15 is 0 Å². The lowest BCUT2D eigenvalue weighted by atomic mass is 10.0. The van der Waals surface area contributed by atoms with Crippen molar-refractivity contribution in [3.8, 4) is 6.07 Å². The molecule has 1 amide bonds. The highest BCUT2D eigenvalue weighted by Crippen LogP contribution is 2.22. The number of likely N-dealkylation sites (tertiary alicyclic amines) is 1. The maximum atomic E-state index is 11.9. The molecule has 1 N–H and O–H groups in total. The molecule has 1 fully saturated rings. The first kappa shape index (κ1) is 14.0. The number of nitriles is 1. The van der Waals surface area contributed by atoms with Gasteiger partial charge in [0, 0.05) is 19.0 Å². The molecule has 2 rings (SSSR count). The molecule has 2 heterocycles. The average Bonchev–Trinajstić information content (AvgIpc) is 2.85. The molecule has 1 aromatic rings. The summed E-state index contributed by atoms with van der Waals surface area (Å²) in [6, 6.07) is 4.39. The van der Waals surface area contributed by atoms with E-state index in [4.69, 9.17) is 5.26 Å². The normalized spacial score (nSPS) is 19.9. The highest BCUT2D eigenvalue weighted by molar-refractivity contribution is 7.14. The van der Waals surface area contributed by atoms with Crippen LogP contribution in [0.3, 0.4) is 0 Å². The number of nitrogens with one attached hydrogen (secondary N) is 1. The summed E-state index contributed by atoms with van der Waals surface area (Å²) in [4.78, 5) is 14.3. The van der Waals surface area contributed by atoms with Crippen LogP contribution in [0.5, 0.6) is 0 Å². The third-order valence-electron chi connectivity index (χ3n) is 3.61. The Balaban J connectivity index is 1.80. The number of carbonyl (C=O) groups excluding carboxylic acids is 1. The van der Waals surface area contributed by atoms with E-state index in [1.165, 1.54) is 30.6 Å². The van der Waals surface area contributed by atoms with Gasteiger partial charge in [-0.15, -0.1) is 11.3 Å². The van der Waals surface area contributed by atoms with Crippen molar-refractivity contribution in [1.29, 1.82) is 5.26 Å². The van der Waals surface area contributed by atoms with Crippen molar-refractivity contribution in [2.24, 2.45) is 0 Å². The Morgan fingerprint density at radius 2 is 2.47 bits per heavy atom. The van der Waals surface area contributed by atoms with Crippen LogP contribution in [-0.2, 0) is 4.79 Å². The standard InChI is InChI=1S/C14H19N3OS/c1-11-4-2-3-7-17(11)8-5-13(18)16-14-12(10-15)6-9-19-14/h6,9,11H,2-5,7-8H2,1H3,(H,16,18)/t11-/m0/s1. The Morgan fingerprint density at radius 3 is 3.21 bits per heavy atom. The van der Waals surface area contributed by atoms with Crippen LogP contribution in [0.1, 0.15) is 38.2 Å². The molecule has 19 heavy (non-hydrogen) atoms. The van der Waals surface area contributed by atoms with Crippen molar-refractivity contribution in [3.05, 3.63) is 17.0 Å². The predicted molar refractivity (Wildman–Crippen MR) is 77.2 cm³/mol. The molecule has 0 aliphatic carbocycles. The quantitative estimate of drug-likeness (QED) is 0.920. The number of piperidine rings is 1. The molecule has 0 spiro atoms. The number of hydrogen-bond acceptors (Lipinski definition) is 4. The van der Waals surface area contributed by atoms with Crippen molar-refractivity contribution >= 4 is 22.2 Å². The van der Waals surface area contributed by atoms with Crippen LogP contribution in [0.4, 0.5) is 5.00 Å². The van der Waals surface area contributed by atoms with E-state index in [2.05, 4.69) is 23.2 Å². The molecule has 5 heteroatoms. The van der Waals surface area contributed by atoms with Crippen LogP contribution >= 0.6 is 11.3 Å². The van der Waals surface area contributed by atoms with E-state index in [0.717, 1.165) is 13.1 Å². The van der Waals surface area contributed by atoms with Gasteiger partial charge in [0.05, 0.1) is 5.56 Å². The van der Waals surface area contributed by atoms with Gasteiger partial charge >= 0.3 is 0 Å². The summed E-state index contributed by atoms with van der Waals surface area (Å²) < 4.78 is 0. The Labute approximate surface area is 118 Å². The minimum atomic E-state index is -0.00303. The maximum absolute atomic E-state index is 11.9. The lowest BCUT2D eigenvalue weighted by molar-refractivity contribution is -0.116. The van der Waals surface area contributed by atoms with Crippen molar-refractivity contribution in [2.75, 3.05) is 18.4 Å². The molecule has 1 atom stereocenters. The zero-order chi connectivity index (χ0) is 13.7. The van der Waals surface area contributed by atoms with Gasteiger partial charge < -0.3 is 10.2 Å². The first-order valence-electron chi connectivity index (χ1n) is 6.72. The molecular weight excluding hydrogens is 258 g/mol. The summed E-state index contributed by atoms with van der Waals surface area (Å²) in [5.74, 6) is -0.00303. The first-order valence-corrected chi connectivity index (χ1v) is 7.60. The summed E-state index contributed by atoms with van der Waals surface area (Å²) in [6.07, 6.45) is 4.25. The summed E-state index contributed by atoms with van der Waals surface area (Å²) in [5.41, 5.74) is 0.546. The molecule has 1 aliphatic rings. The van der Waals surface area contributed by atoms with Gasteiger partial charge in [-0.05, 0) is 37.8 Å². The van der Waals surface area contributed by atoms with Gasteiger partial charge in [0.1, 0.15) is 11.1 Å². The van der Waals surface area contributed by atoms with Gasteiger partial charge in [-0.3, -0.25) is 4.79 Å². The number of nitrogens with zero attached hydrogens (tertiary/aromatic N) is 2. The number of carbonyl (C=O) groups is 1. The van der Waals surface area contributed by atoms with Crippen LogP contribution in [0.2, 0.25) is 0 Å². The smallest absolute Gasteiger partial charge is 0.226 e. The number of thiophene rings is 1. The van der Waals surface area contributed by atoms with E-state index in [0.29, 0.717) is 23.0 Å². The van der Waals surface area contributed by atoms with E-state index in [1.807, 2.05) is 5.38 Å². The average molecular weight is 277 g/mol. The first-order chi connectivity index (χ1) is 9.20. The highest BCUT2D eigenvalue weighted by Gasteiger charge is 2.18. The molecule has 1 aliphatic heterocycles. The van der Waals surface area contributed by atoms with E-state index in [-0.39, 0.29) is 5.91 Å². The van der Waals surface area contributed by atoms with Crippen LogP contribution in [-0.4, -0.2) is 29.9 Å². The molecule has 0 radical (unpaired) electrons. The molecule has 0 unspecified atom stereocenters. The van der Waals surface area contributed by atoms with Gasteiger partial charge in [0.25, 0.3) is 0 Å². The number of rotatable bonds is 4. The molecule has 102 valence electrons. The Hall–Kier alpha value is -1.38. The van der Waals surface area contributed by atoms with Crippen LogP contribution in [0, 0.1) is 11.3 Å². The molecular formula is C14H19N3OS. The number of hydrogen-bond donors (Lipinski definition) is 1. The fourth-order valence-electron chi connectivity index (χ4n) is 2.42. The zero-order valence-corrected chi connectivity index (χ0v) is 12.0. The van der Waals surface area contributed by atoms with Gasteiger partial charge in [0.15, 0.2) is 0 Å². The Kier molecular flexibility index (Phi) is 4.94.